The molecule has 0 saturated carbocycles. The summed E-state index contributed by atoms with van der Waals surface area (Å²) in [7, 11) is 0. The molecule has 2 rings (SSSR count). The van der Waals surface area contributed by atoms with Crippen LogP contribution in [0.3, 0.4) is 0 Å². The van der Waals surface area contributed by atoms with E-state index in [1.165, 1.54) is 15.6 Å². The summed E-state index contributed by atoms with van der Waals surface area (Å²) >= 11 is 3.50. The van der Waals surface area contributed by atoms with Gasteiger partial charge >= 0.3 is 0 Å². The molecule has 0 amide bonds. The highest BCUT2D eigenvalue weighted by molar-refractivity contribution is 9.10. The summed E-state index contributed by atoms with van der Waals surface area (Å²) in [5.74, 6) is 0. The fourth-order valence-corrected chi connectivity index (χ4v) is 2.38. The predicted molar refractivity (Wildman–Crippen MR) is 58.9 cm³/mol. The lowest BCUT2D eigenvalue weighted by Gasteiger charge is -2.33. The second-order valence-electron chi connectivity index (χ2n) is 4.29. The fraction of sp³-hybridized carbons (Fsp3) is 0.455. The summed E-state index contributed by atoms with van der Waals surface area (Å²) in [6, 6.07) is 6.58. The minimum Gasteiger partial charge on any atom is -0.312 e. The van der Waals surface area contributed by atoms with Crippen LogP contribution in [0.2, 0.25) is 0 Å². The highest BCUT2D eigenvalue weighted by Crippen LogP contribution is 2.30. The van der Waals surface area contributed by atoms with Gasteiger partial charge in [-0.1, -0.05) is 35.8 Å². The molecule has 0 atom stereocenters. The highest BCUT2D eigenvalue weighted by atomic mass is 79.9. The Balaban J connectivity index is 2.53. The average Bonchev–Trinajstić information content (AvgIpc) is 2.02. The first-order valence-electron chi connectivity index (χ1n) is 4.59. The minimum atomic E-state index is 0.272. The molecule has 1 aromatic carbocycles. The molecule has 70 valence electrons. The van der Waals surface area contributed by atoms with Gasteiger partial charge in [0.1, 0.15) is 0 Å². The first-order chi connectivity index (χ1) is 6.09. The van der Waals surface area contributed by atoms with Gasteiger partial charge in [-0.3, -0.25) is 0 Å². The molecule has 1 heterocycles. The summed E-state index contributed by atoms with van der Waals surface area (Å²) in [5.41, 5.74) is 3.17. The second kappa shape index (κ2) is 3.10. The van der Waals surface area contributed by atoms with Crippen LogP contribution in [0.25, 0.3) is 0 Å². The van der Waals surface area contributed by atoms with Crippen LogP contribution in [0.4, 0.5) is 0 Å². The van der Waals surface area contributed by atoms with Crippen molar-refractivity contribution in [3.05, 3.63) is 33.8 Å². The van der Waals surface area contributed by atoms with Crippen molar-refractivity contribution in [3.8, 4) is 0 Å². The Hall–Kier alpha value is -0.340. The molecule has 2 heteroatoms. The van der Waals surface area contributed by atoms with E-state index >= 15 is 0 Å². The Labute approximate surface area is 87.7 Å². The quantitative estimate of drug-likeness (QED) is 0.735. The van der Waals surface area contributed by atoms with Crippen molar-refractivity contribution in [1.29, 1.82) is 0 Å². The molecule has 0 aromatic heterocycles. The molecule has 1 nitrogen and oxygen atoms in total. The maximum atomic E-state index is 3.50. The monoisotopic (exact) mass is 239 g/mol. The van der Waals surface area contributed by atoms with Crippen LogP contribution < -0.4 is 5.32 Å². The maximum absolute atomic E-state index is 3.50. The Morgan fingerprint density at radius 3 is 2.92 bits per heavy atom. The Morgan fingerprint density at radius 2 is 2.15 bits per heavy atom. The lowest BCUT2D eigenvalue weighted by molar-refractivity contribution is 0.435. The standard InChI is InChI=1S/C11H14BrN/c1-11(2)7-13-6-8-5-9(12)3-4-10(8)11/h3-5,13H,6-7H2,1-2H3. The van der Waals surface area contributed by atoms with Crippen molar-refractivity contribution in [1.82, 2.24) is 5.32 Å². The molecule has 0 fully saturated rings. The first kappa shape index (κ1) is 9.22. The van der Waals surface area contributed by atoms with Crippen LogP contribution >= 0.6 is 15.9 Å². The summed E-state index contributed by atoms with van der Waals surface area (Å²) in [6.45, 7) is 6.64. The van der Waals surface area contributed by atoms with Gasteiger partial charge in [0.05, 0.1) is 0 Å². The van der Waals surface area contributed by atoms with Crippen molar-refractivity contribution in [2.75, 3.05) is 6.54 Å². The SMILES string of the molecule is CC1(C)CNCc2cc(Br)ccc21. The zero-order valence-electron chi connectivity index (χ0n) is 8.02. The van der Waals surface area contributed by atoms with Gasteiger partial charge in [0.2, 0.25) is 0 Å². The maximum Gasteiger partial charge on any atom is 0.0209 e. The van der Waals surface area contributed by atoms with Crippen molar-refractivity contribution >= 4 is 15.9 Å². The molecule has 1 N–H and O–H groups in total. The third kappa shape index (κ3) is 1.65. The Kier molecular flexibility index (Phi) is 2.20. The molecule has 0 bridgehead atoms. The molecule has 0 spiro atoms. The van der Waals surface area contributed by atoms with Crippen LogP contribution in [0.15, 0.2) is 22.7 Å². The molecule has 0 aliphatic carbocycles. The van der Waals surface area contributed by atoms with E-state index in [2.05, 4.69) is 53.3 Å². The zero-order chi connectivity index (χ0) is 9.47. The normalized spacial score (nSPS) is 19.6. The fourth-order valence-electron chi connectivity index (χ4n) is 1.97. The zero-order valence-corrected chi connectivity index (χ0v) is 9.61. The number of hydrogen-bond acceptors (Lipinski definition) is 1. The number of rotatable bonds is 0. The topological polar surface area (TPSA) is 12.0 Å². The van der Waals surface area contributed by atoms with E-state index in [1.807, 2.05) is 0 Å². The summed E-state index contributed by atoms with van der Waals surface area (Å²) in [6.07, 6.45) is 0. The number of benzene rings is 1. The van der Waals surface area contributed by atoms with E-state index in [0.717, 1.165) is 13.1 Å². The van der Waals surface area contributed by atoms with Gasteiger partial charge in [-0.05, 0) is 23.3 Å². The van der Waals surface area contributed by atoms with E-state index in [0.29, 0.717) is 0 Å². The van der Waals surface area contributed by atoms with E-state index in [-0.39, 0.29) is 5.41 Å². The lowest BCUT2D eigenvalue weighted by Crippen LogP contribution is -2.38. The second-order valence-corrected chi connectivity index (χ2v) is 5.20. The molecule has 13 heavy (non-hydrogen) atoms. The number of halogens is 1. The van der Waals surface area contributed by atoms with Gasteiger partial charge in [0.15, 0.2) is 0 Å². The van der Waals surface area contributed by atoms with Crippen LogP contribution in [-0.2, 0) is 12.0 Å². The predicted octanol–water partition coefficient (Wildman–Crippen LogP) is 2.83. The lowest BCUT2D eigenvalue weighted by atomic mass is 9.79. The molecule has 1 aliphatic heterocycles. The molecule has 1 aromatic rings. The van der Waals surface area contributed by atoms with Crippen LogP contribution in [0, 0.1) is 0 Å². The molecular weight excluding hydrogens is 226 g/mol. The van der Waals surface area contributed by atoms with Gasteiger partial charge in [-0.2, -0.15) is 0 Å². The summed E-state index contributed by atoms with van der Waals surface area (Å²) in [4.78, 5) is 0. The van der Waals surface area contributed by atoms with Crippen molar-refractivity contribution < 1.29 is 0 Å². The third-order valence-corrected chi connectivity index (χ3v) is 3.17. The van der Waals surface area contributed by atoms with Gasteiger partial charge < -0.3 is 5.32 Å². The van der Waals surface area contributed by atoms with Crippen LogP contribution in [0.1, 0.15) is 25.0 Å². The third-order valence-electron chi connectivity index (χ3n) is 2.68. The minimum absolute atomic E-state index is 0.272. The summed E-state index contributed by atoms with van der Waals surface area (Å²) < 4.78 is 1.17. The molecule has 0 radical (unpaired) electrons. The Morgan fingerprint density at radius 1 is 1.38 bits per heavy atom. The van der Waals surface area contributed by atoms with Crippen LogP contribution in [0.5, 0.6) is 0 Å². The van der Waals surface area contributed by atoms with Gasteiger partial charge in [0.25, 0.3) is 0 Å². The van der Waals surface area contributed by atoms with E-state index < -0.39 is 0 Å². The van der Waals surface area contributed by atoms with Gasteiger partial charge in [-0.25, -0.2) is 0 Å². The van der Waals surface area contributed by atoms with E-state index in [9.17, 15) is 0 Å². The molecule has 0 saturated heterocycles. The number of fused-ring (bicyclic) bond motifs is 1. The van der Waals surface area contributed by atoms with Gasteiger partial charge in [-0.15, -0.1) is 0 Å². The number of hydrogen-bond donors (Lipinski definition) is 1. The molecule has 1 aliphatic rings. The van der Waals surface area contributed by atoms with E-state index in [4.69, 9.17) is 0 Å². The smallest absolute Gasteiger partial charge is 0.0209 e. The largest absolute Gasteiger partial charge is 0.312 e. The van der Waals surface area contributed by atoms with Crippen LogP contribution in [-0.4, -0.2) is 6.54 Å². The van der Waals surface area contributed by atoms with Crippen molar-refractivity contribution in [2.45, 2.75) is 25.8 Å². The molecule has 0 unspecified atom stereocenters. The Bertz CT molecular complexity index is 331. The van der Waals surface area contributed by atoms with Crippen molar-refractivity contribution in [2.24, 2.45) is 0 Å². The molecular formula is C11H14BrN. The average molecular weight is 240 g/mol. The van der Waals surface area contributed by atoms with Gasteiger partial charge in [0, 0.05) is 23.0 Å². The number of nitrogens with one attached hydrogen (secondary N) is 1. The summed E-state index contributed by atoms with van der Waals surface area (Å²) in [5, 5.41) is 3.44. The van der Waals surface area contributed by atoms with E-state index in [1.54, 1.807) is 0 Å². The first-order valence-corrected chi connectivity index (χ1v) is 5.38. The highest BCUT2D eigenvalue weighted by Gasteiger charge is 2.26. The van der Waals surface area contributed by atoms with Crippen molar-refractivity contribution in [3.63, 3.8) is 0 Å².